The lowest BCUT2D eigenvalue weighted by atomic mass is 9.73. The van der Waals surface area contributed by atoms with Crippen molar-refractivity contribution in [3.63, 3.8) is 0 Å². The van der Waals surface area contributed by atoms with E-state index in [9.17, 15) is 0 Å². The lowest BCUT2D eigenvalue weighted by molar-refractivity contribution is 0.626. The maximum Gasteiger partial charge on any atom is 0.143 e. The Hall–Kier alpha value is -7.94. The first-order valence-corrected chi connectivity index (χ1v) is 23.4. The summed E-state index contributed by atoms with van der Waals surface area (Å²) in [6, 6.07) is 79.2. The van der Waals surface area contributed by atoms with Crippen molar-refractivity contribution in [3.05, 3.63) is 246 Å². The van der Waals surface area contributed by atoms with Crippen LogP contribution in [0, 0.1) is 0 Å². The maximum atomic E-state index is 6.81. The Morgan fingerprint density at radius 3 is 1.80 bits per heavy atom. The van der Waals surface area contributed by atoms with Gasteiger partial charge >= 0.3 is 0 Å². The molecule has 2 nitrogen and oxygen atoms in total. The van der Waals surface area contributed by atoms with Crippen LogP contribution in [0.2, 0.25) is 0 Å². The fraction of sp³-hybridized carbons (Fsp3) is 0.0938. The first kappa shape index (κ1) is 37.4. The highest BCUT2D eigenvalue weighted by Gasteiger charge is 2.48. The summed E-state index contributed by atoms with van der Waals surface area (Å²) in [5.74, 6) is 0. The van der Waals surface area contributed by atoms with E-state index in [0.717, 1.165) is 68.4 Å². The number of furan rings is 1. The van der Waals surface area contributed by atoms with Crippen molar-refractivity contribution in [2.45, 2.75) is 37.5 Å². The van der Waals surface area contributed by atoms with Gasteiger partial charge in [0.1, 0.15) is 11.2 Å². The summed E-state index contributed by atoms with van der Waals surface area (Å²) in [5, 5.41) is 4.56. The van der Waals surface area contributed by atoms with E-state index in [4.69, 9.17) is 4.42 Å². The summed E-state index contributed by atoms with van der Waals surface area (Å²) in [6.07, 6.45) is 2.10. The Kier molecular flexibility index (Phi) is 7.82. The molecule has 0 saturated heterocycles. The molecule has 66 heavy (non-hydrogen) atoms. The summed E-state index contributed by atoms with van der Waals surface area (Å²) in [4.78, 5) is 2.56. The predicted molar refractivity (Wildman–Crippen MR) is 274 cm³/mol. The normalized spacial score (nSPS) is 16.1. The van der Waals surface area contributed by atoms with E-state index in [1.54, 1.807) is 0 Å². The molecule has 0 fully saturated rings. The highest BCUT2D eigenvalue weighted by atomic mass is 16.3. The van der Waals surface area contributed by atoms with Gasteiger partial charge in [0.05, 0.1) is 11.4 Å². The van der Waals surface area contributed by atoms with Crippen LogP contribution < -0.4 is 4.90 Å². The monoisotopic (exact) mass is 843 g/mol. The molecule has 1 unspecified atom stereocenters. The van der Waals surface area contributed by atoms with Gasteiger partial charge in [-0.2, -0.15) is 0 Å². The minimum Gasteiger partial charge on any atom is -0.455 e. The predicted octanol–water partition coefficient (Wildman–Crippen LogP) is 17.1. The lowest BCUT2D eigenvalue weighted by Gasteiger charge is -2.33. The lowest BCUT2D eigenvalue weighted by Crippen LogP contribution is -2.24. The van der Waals surface area contributed by atoms with E-state index >= 15 is 0 Å². The molecule has 3 aliphatic rings. The van der Waals surface area contributed by atoms with Crippen LogP contribution >= 0.6 is 0 Å². The first-order chi connectivity index (χ1) is 32.5. The molecule has 1 atom stereocenters. The fourth-order valence-electron chi connectivity index (χ4n) is 12.7. The third kappa shape index (κ3) is 5.02. The third-order valence-electron chi connectivity index (χ3n) is 15.5. The van der Waals surface area contributed by atoms with Crippen molar-refractivity contribution >= 4 is 49.8 Å². The topological polar surface area (TPSA) is 16.4 Å². The Morgan fingerprint density at radius 2 is 1.00 bits per heavy atom. The summed E-state index contributed by atoms with van der Waals surface area (Å²) in [5.41, 5.74) is 23.3. The molecule has 0 radical (unpaired) electrons. The standard InChI is InChI=1S/C64H45NO/c1-63(2)54-28-11-6-21-45(54)50-25-15-26-51(61(50)63)48-23-9-14-31-58(48)65(42-34-36-46-44-20-7-12-29-55(44)64(56(46)39-42)38-37-41-18-4-10-27-53(41)64)57-30-13-8-22-47(57)49-24-16-32-59-60(49)52-35-33-40-17-3-5-19-43(40)62(52)66-59/h3-36,39H,37-38H2,1-2H3. The van der Waals surface area contributed by atoms with Gasteiger partial charge in [-0.15, -0.1) is 0 Å². The molecular weight excluding hydrogens is 799 g/mol. The Morgan fingerprint density at radius 1 is 0.424 bits per heavy atom. The highest BCUT2D eigenvalue weighted by molar-refractivity contribution is 6.20. The molecular formula is C64H45NO. The van der Waals surface area contributed by atoms with Crippen LogP contribution in [-0.4, -0.2) is 0 Å². The van der Waals surface area contributed by atoms with Gasteiger partial charge in [0.25, 0.3) is 0 Å². The largest absolute Gasteiger partial charge is 0.455 e. The molecule has 0 aliphatic heterocycles. The quantitative estimate of drug-likeness (QED) is 0.172. The highest BCUT2D eigenvalue weighted by Crippen LogP contribution is 2.60. The zero-order valence-corrected chi connectivity index (χ0v) is 37.0. The van der Waals surface area contributed by atoms with Crippen LogP contribution in [0.1, 0.15) is 53.6 Å². The van der Waals surface area contributed by atoms with Crippen LogP contribution in [0.25, 0.3) is 77.2 Å². The smallest absolute Gasteiger partial charge is 0.143 e. The molecule has 0 amide bonds. The first-order valence-electron chi connectivity index (χ1n) is 23.4. The van der Waals surface area contributed by atoms with E-state index in [1.807, 2.05) is 0 Å². The number of anilines is 3. The van der Waals surface area contributed by atoms with Crippen molar-refractivity contribution < 1.29 is 4.42 Å². The second kappa shape index (κ2) is 13.8. The minimum atomic E-state index is -0.233. The van der Waals surface area contributed by atoms with Crippen molar-refractivity contribution in [1.29, 1.82) is 0 Å². The van der Waals surface area contributed by atoms with Gasteiger partial charge in [-0.1, -0.05) is 190 Å². The third-order valence-corrected chi connectivity index (χ3v) is 15.5. The maximum absolute atomic E-state index is 6.81. The van der Waals surface area contributed by atoms with Crippen molar-refractivity contribution in [2.75, 3.05) is 4.90 Å². The van der Waals surface area contributed by atoms with Gasteiger partial charge < -0.3 is 9.32 Å². The molecule has 0 bridgehead atoms. The molecule has 0 N–H and O–H groups in total. The molecule has 1 aromatic heterocycles. The van der Waals surface area contributed by atoms with Crippen molar-refractivity contribution in [2.24, 2.45) is 0 Å². The van der Waals surface area contributed by atoms with E-state index in [-0.39, 0.29) is 10.8 Å². The average molecular weight is 844 g/mol. The van der Waals surface area contributed by atoms with E-state index in [1.165, 1.54) is 72.1 Å². The number of hydrogen-bond acceptors (Lipinski definition) is 2. The summed E-state index contributed by atoms with van der Waals surface area (Å²) in [6.45, 7) is 4.79. The van der Waals surface area contributed by atoms with Gasteiger partial charge in [0.15, 0.2) is 0 Å². The summed E-state index contributed by atoms with van der Waals surface area (Å²) >= 11 is 0. The molecule has 312 valence electrons. The number of nitrogens with zero attached hydrogens (tertiary/aromatic N) is 1. The average Bonchev–Trinajstić information content (AvgIpc) is 4.10. The van der Waals surface area contributed by atoms with Crippen molar-refractivity contribution in [1.82, 2.24) is 0 Å². The van der Waals surface area contributed by atoms with Gasteiger partial charge in [0, 0.05) is 43.8 Å². The van der Waals surface area contributed by atoms with Crippen LogP contribution in [-0.2, 0) is 17.3 Å². The van der Waals surface area contributed by atoms with Crippen molar-refractivity contribution in [3.8, 4) is 44.5 Å². The number of rotatable bonds is 5. The van der Waals surface area contributed by atoms with Gasteiger partial charge in [-0.3, -0.25) is 0 Å². The Bertz CT molecular complexity index is 3830. The van der Waals surface area contributed by atoms with Crippen LogP contribution in [0.15, 0.2) is 217 Å². The van der Waals surface area contributed by atoms with E-state index < -0.39 is 0 Å². The van der Waals surface area contributed by atoms with Crippen LogP contribution in [0.5, 0.6) is 0 Å². The Labute approximate surface area is 385 Å². The molecule has 1 heterocycles. The summed E-state index contributed by atoms with van der Waals surface area (Å²) < 4.78 is 6.81. The molecule has 14 rings (SSSR count). The number of fused-ring (bicyclic) bond motifs is 15. The number of para-hydroxylation sites is 2. The van der Waals surface area contributed by atoms with Gasteiger partial charge in [0.2, 0.25) is 0 Å². The zero-order valence-electron chi connectivity index (χ0n) is 37.0. The molecule has 1 spiro atoms. The van der Waals surface area contributed by atoms with E-state index in [0.29, 0.717) is 0 Å². The number of benzene rings is 10. The minimum absolute atomic E-state index is 0.192. The number of aryl methyl sites for hydroxylation is 1. The SMILES string of the molecule is CC1(C)c2ccccc2-c2cccc(-c3ccccc3N(c3ccc4c(c3)C3(CCc5ccccc53)c3ccccc3-4)c3ccccc3-c3cccc4oc5c6ccccc6ccc5c34)c21. The van der Waals surface area contributed by atoms with Gasteiger partial charge in [-0.25, -0.2) is 0 Å². The molecule has 10 aromatic carbocycles. The molecule has 2 heteroatoms. The zero-order chi connectivity index (χ0) is 43.7. The second-order valence-electron chi connectivity index (χ2n) is 19.1. The number of hydrogen-bond donors (Lipinski definition) is 0. The van der Waals surface area contributed by atoms with Gasteiger partial charge in [-0.05, 0) is 121 Å². The second-order valence-corrected chi connectivity index (χ2v) is 19.1. The Balaban J connectivity index is 1.05. The molecule has 3 aliphatic carbocycles. The fourth-order valence-corrected chi connectivity index (χ4v) is 12.7. The summed E-state index contributed by atoms with van der Waals surface area (Å²) in [7, 11) is 0. The molecule has 0 saturated carbocycles. The van der Waals surface area contributed by atoms with Crippen LogP contribution in [0.3, 0.4) is 0 Å². The molecule has 11 aromatic rings. The van der Waals surface area contributed by atoms with E-state index in [2.05, 4.69) is 231 Å². The van der Waals surface area contributed by atoms with Crippen LogP contribution in [0.4, 0.5) is 17.1 Å².